The van der Waals surface area contributed by atoms with E-state index in [0.29, 0.717) is 26.2 Å². The van der Waals surface area contributed by atoms with Crippen LogP contribution in [0.3, 0.4) is 0 Å². The Labute approximate surface area is 153 Å². The standard InChI is InChI=1S/C16H16N2O.C3H6O2.ClH/c17-9-11-19-15-7-6-13(12-4-2-1-3-5-12)16-14(15)8-10-18-16;1-2-5-3-4;/h1-8,10,18H,9,11,17H2;3H,2H2,1H3;1H. The molecule has 134 valence electrons. The van der Waals surface area contributed by atoms with Crippen molar-refractivity contribution in [3.05, 3.63) is 54.7 Å². The smallest absolute Gasteiger partial charge is 0.293 e. The minimum atomic E-state index is 0. The summed E-state index contributed by atoms with van der Waals surface area (Å²) < 4.78 is 9.83. The van der Waals surface area contributed by atoms with Gasteiger partial charge in [-0.1, -0.05) is 30.3 Å². The molecule has 0 saturated carbocycles. The molecule has 1 aromatic heterocycles. The molecule has 3 rings (SSSR count). The van der Waals surface area contributed by atoms with Gasteiger partial charge in [0, 0.05) is 23.7 Å². The fourth-order valence-corrected chi connectivity index (χ4v) is 2.35. The third-order valence-electron chi connectivity index (χ3n) is 3.38. The van der Waals surface area contributed by atoms with Crippen LogP contribution < -0.4 is 10.5 Å². The molecule has 0 spiro atoms. The summed E-state index contributed by atoms with van der Waals surface area (Å²) in [5.41, 5.74) is 8.96. The van der Waals surface area contributed by atoms with E-state index in [-0.39, 0.29) is 12.4 Å². The quantitative estimate of drug-likeness (QED) is 0.654. The van der Waals surface area contributed by atoms with Crippen LogP contribution in [0, 0.1) is 0 Å². The second-order valence-corrected chi connectivity index (χ2v) is 4.93. The van der Waals surface area contributed by atoms with Crippen LogP contribution in [0.15, 0.2) is 54.7 Å². The van der Waals surface area contributed by atoms with Crippen LogP contribution in [0.4, 0.5) is 0 Å². The van der Waals surface area contributed by atoms with Crippen molar-refractivity contribution in [2.24, 2.45) is 5.73 Å². The average molecular weight is 363 g/mol. The molecule has 0 fully saturated rings. The highest BCUT2D eigenvalue weighted by molar-refractivity contribution is 5.97. The van der Waals surface area contributed by atoms with Crippen molar-refractivity contribution in [2.45, 2.75) is 6.92 Å². The Balaban J connectivity index is 0.000000462. The lowest BCUT2D eigenvalue weighted by molar-refractivity contribution is -0.128. The van der Waals surface area contributed by atoms with E-state index in [1.807, 2.05) is 36.5 Å². The molecule has 0 bridgehead atoms. The molecule has 0 saturated heterocycles. The predicted octanol–water partition coefficient (Wildman–Crippen LogP) is 3.77. The molecular weight excluding hydrogens is 340 g/mol. The summed E-state index contributed by atoms with van der Waals surface area (Å²) in [6.07, 6.45) is 1.94. The summed E-state index contributed by atoms with van der Waals surface area (Å²) >= 11 is 0. The number of hydrogen-bond acceptors (Lipinski definition) is 4. The molecule has 0 amide bonds. The van der Waals surface area contributed by atoms with Gasteiger partial charge < -0.3 is 20.2 Å². The largest absolute Gasteiger partial charge is 0.492 e. The summed E-state index contributed by atoms with van der Waals surface area (Å²) in [7, 11) is 0. The van der Waals surface area contributed by atoms with Gasteiger partial charge in [0.05, 0.1) is 12.1 Å². The van der Waals surface area contributed by atoms with Crippen LogP contribution in [0.2, 0.25) is 0 Å². The number of halogens is 1. The zero-order chi connectivity index (χ0) is 17.2. The fourth-order valence-electron chi connectivity index (χ4n) is 2.35. The Hall–Kier alpha value is -2.50. The maximum Gasteiger partial charge on any atom is 0.293 e. The zero-order valence-corrected chi connectivity index (χ0v) is 14.9. The van der Waals surface area contributed by atoms with Crippen molar-refractivity contribution in [1.29, 1.82) is 0 Å². The maximum absolute atomic E-state index is 9.18. The van der Waals surface area contributed by atoms with Crippen molar-refractivity contribution in [1.82, 2.24) is 4.98 Å². The van der Waals surface area contributed by atoms with E-state index in [2.05, 4.69) is 27.9 Å². The van der Waals surface area contributed by atoms with Crippen LogP contribution >= 0.6 is 12.4 Å². The van der Waals surface area contributed by atoms with Gasteiger partial charge in [0.15, 0.2) is 0 Å². The number of nitrogens with one attached hydrogen (secondary N) is 1. The van der Waals surface area contributed by atoms with Gasteiger partial charge in [-0.05, 0) is 30.7 Å². The third kappa shape index (κ3) is 5.52. The number of H-pyrrole nitrogens is 1. The van der Waals surface area contributed by atoms with E-state index in [1.54, 1.807) is 6.92 Å². The van der Waals surface area contributed by atoms with Gasteiger partial charge in [0.1, 0.15) is 12.4 Å². The number of ether oxygens (including phenoxy) is 2. The van der Waals surface area contributed by atoms with Crippen LogP contribution in [0.1, 0.15) is 6.92 Å². The first-order valence-electron chi connectivity index (χ1n) is 7.85. The van der Waals surface area contributed by atoms with Crippen LogP contribution in [0.5, 0.6) is 5.75 Å². The zero-order valence-electron chi connectivity index (χ0n) is 14.1. The molecule has 0 atom stereocenters. The summed E-state index contributed by atoms with van der Waals surface area (Å²) in [5.74, 6) is 0.876. The summed E-state index contributed by atoms with van der Waals surface area (Å²) in [4.78, 5) is 12.5. The lowest BCUT2D eigenvalue weighted by atomic mass is 10.0. The highest BCUT2D eigenvalue weighted by Crippen LogP contribution is 2.33. The minimum Gasteiger partial charge on any atom is -0.492 e. The Kier molecular flexibility index (Phi) is 9.14. The summed E-state index contributed by atoms with van der Waals surface area (Å²) in [6, 6.07) is 16.5. The molecule has 6 heteroatoms. The molecule has 25 heavy (non-hydrogen) atoms. The van der Waals surface area contributed by atoms with Crippen molar-refractivity contribution < 1.29 is 14.3 Å². The Morgan fingerprint density at radius 2 is 1.88 bits per heavy atom. The van der Waals surface area contributed by atoms with E-state index in [0.717, 1.165) is 16.7 Å². The minimum absolute atomic E-state index is 0. The number of aromatic amines is 1. The molecule has 1 heterocycles. The molecule has 2 aromatic carbocycles. The first-order chi connectivity index (χ1) is 11.8. The second kappa shape index (κ2) is 11.1. The SMILES string of the molecule is CCOC=O.Cl.NCCOc1ccc(-c2ccccc2)c2[nH]ccc12. The van der Waals surface area contributed by atoms with Gasteiger partial charge >= 0.3 is 0 Å². The number of benzene rings is 2. The van der Waals surface area contributed by atoms with Crippen molar-refractivity contribution in [2.75, 3.05) is 19.8 Å². The van der Waals surface area contributed by atoms with Gasteiger partial charge in [-0.2, -0.15) is 0 Å². The second-order valence-electron chi connectivity index (χ2n) is 4.93. The van der Waals surface area contributed by atoms with Crippen LogP contribution in [0.25, 0.3) is 22.0 Å². The van der Waals surface area contributed by atoms with E-state index in [9.17, 15) is 4.79 Å². The number of fused-ring (bicyclic) bond motifs is 1. The number of rotatable bonds is 6. The van der Waals surface area contributed by atoms with Crippen LogP contribution in [-0.2, 0) is 9.53 Å². The van der Waals surface area contributed by atoms with Crippen LogP contribution in [-0.4, -0.2) is 31.2 Å². The van der Waals surface area contributed by atoms with Crippen molar-refractivity contribution in [3.8, 4) is 16.9 Å². The first-order valence-corrected chi connectivity index (χ1v) is 7.85. The normalized spacial score (nSPS) is 9.52. The lowest BCUT2D eigenvalue weighted by Crippen LogP contribution is -2.10. The van der Waals surface area contributed by atoms with Gasteiger partial charge in [0.25, 0.3) is 6.47 Å². The lowest BCUT2D eigenvalue weighted by Gasteiger charge is -2.09. The molecule has 0 aliphatic carbocycles. The van der Waals surface area contributed by atoms with Gasteiger partial charge in [-0.3, -0.25) is 4.79 Å². The average Bonchev–Trinajstić information content (AvgIpc) is 3.11. The van der Waals surface area contributed by atoms with Gasteiger partial charge in [0.2, 0.25) is 0 Å². The molecule has 5 nitrogen and oxygen atoms in total. The number of nitrogens with two attached hydrogens (primary N) is 1. The molecule has 3 aromatic rings. The Morgan fingerprint density at radius 3 is 2.48 bits per heavy atom. The summed E-state index contributed by atoms with van der Waals surface area (Å²) in [6.45, 7) is 3.72. The Bertz CT molecular complexity index is 760. The maximum atomic E-state index is 9.18. The third-order valence-corrected chi connectivity index (χ3v) is 3.38. The van der Waals surface area contributed by atoms with Crippen molar-refractivity contribution in [3.63, 3.8) is 0 Å². The number of hydrogen-bond donors (Lipinski definition) is 2. The number of aromatic nitrogens is 1. The monoisotopic (exact) mass is 362 g/mol. The van der Waals surface area contributed by atoms with E-state index in [4.69, 9.17) is 10.5 Å². The highest BCUT2D eigenvalue weighted by Gasteiger charge is 2.09. The van der Waals surface area contributed by atoms with Crippen molar-refractivity contribution >= 4 is 29.8 Å². The molecule has 0 aliphatic rings. The first kappa shape index (κ1) is 20.5. The van der Waals surface area contributed by atoms with E-state index in [1.165, 1.54) is 11.1 Å². The molecule has 0 radical (unpaired) electrons. The highest BCUT2D eigenvalue weighted by atomic mass is 35.5. The Morgan fingerprint density at radius 1 is 1.12 bits per heavy atom. The molecule has 0 unspecified atom stereocenters. The molecule has 3 N–H and O–H groups in total. The summed E-state index contributed by atoms with van der Waals surface area (Å²) in [5, 5.41) is 1.09. The van der Waals surface area contributed by atoms with Gasteiger partial charge in [-0.25, -0.2) is 0 Å². The molecule has 0 aliphatic heterocycles. The van der Waals surface area contributed by atoms with E-state index < -0.39 is 0 Å². The number of carbonyl (C=O) groups excluding carboxylic acids is 1. The number of carbonyl (C=O) groups is 1. The van der Waals surface area contributed by atoms with E-state index >= 15 is 0 Å². The topological polar surface area (TPSA) is 77.3 Å². The predicted molar refractivity (Wildman–Crippen MR) is 103 cm³/mol. The molecular formula is C19H23ClN2O3. The fraction of sp³-hybridized carbons (Fsp3) is 0.211. The van der Waals surface area contributed by atoms with Gasteiger partial charge in [-0.15, -0.1) is 12.4 Å².